The second-order valence-electron chi connectivity index (χ2n) is 1.33. The van der Waals surface area contributed by atoms with Crippen LogP contribution in [0, 0.1) is 0 Å². The van der Waals surface area contributed by atoms with Crippen molar-refractivity contribution >= 4 is 5.97 Å². The van der Waals surface area contributed by atoms with E-state index in [9.17, 15) is 9.90 Å². The van der Waals surface area contributed by atoms with E-state index in [-0.39, 0.29) is 51.4 Å². The van der Waals surface area contributed by atoms with E-state index in [4.69, 9.17) is 0 Å². The fourth-order valence-electron chi connectivity index (χ4n) is 0.118. The summed E-state index contributed by atoms with van der Waals surface area (Å²) in [6.07, 6.45) is 0. The quantitative estimate of drug-likeness (QED) is 0.393. The van der Waals surface area contributed by atoms with Gasteiger partial charge in [0.2, 0.25) is 0 Å². The molecule has 0 aromatic heterocycles. The molecule has 0 heterocycles. The van der Waals surface area contributed by atoms with Crippen LogP contribution in [0.5, 0.6) is 0 Å². The summed E-state index contributed by atoms with van der Waals surface area (Å²) in [6, 6.07) is -0.542. The molecule has 1 N–H and O–H groups in total. The first-order valence-corrected chi connectivity index (χ1v) is 2.06. The van der Waals surface area contributed by atoms with Gasteiger partial charge in [-0.2, -0.15) is 0 Å². The number of carbonyl (C=O) groups excluding carboxylic acids is 1. The largest absolute Gasteiger partial charge is 1.00 e. The van der Waals surface area contributed by atoms with Crippen LogP contribution in [-0.4, -0.2) is 19.1 Å². The number of hydrogen-bond acceptors (Lipinski definition) is 3. The molecule has 0 bridgehead atoms. The third-order valence-electron chi connectivity index (χ3n) is 0.787. The molecule has 0 aromatic carbocycles. The molecule has 0 fully saturated rings. The summed E-state index contributed by atoms with van der Waals surface area (Å²) >= 11 is 0. The molecule has 0 rings (SSSR count). The van der Waals surface area contributed by atoms with Crippen molar-refractivity contribution in [2.24, 2.45) is 0 Å². The number of carboxylic acid groups (broad SMARTS) is 1. The Hall–Kier alpha value is 1.07. The van der Waals surface area contributed by atoms with E-state index in [1.165, 1.54) is 6.92 Å². The zero-order valence-corrected chi connectivity index (χ0v) is 8.52. The first-order valence-electron chi connectivity index (χ1n) is 2.06. The van der Waals surface area contributed by atoms with Crippen molar-refractivity contribution < 1.29 is 61.3 Å². The fraction of sp³-hybridized carbons (Fsp3) is 0.750. The van der Waals surface area contributed by atoms with E-state index in [0.717, 1.165) is 0 Å². The second kappa shape index (κ2) is 6.19. The van der Waals surface area contributed by atoms with Gasteiger partial charge < -0.3 is 15.2 Å². The van der Waals surface area contributed by atoms with Gasteiger partial charge in [-0.3, -0.25) is 0 Å². The zero-order chi connectivity index (χ0) is 5.86. The Balaban J connectivity index is 0. The molecule has 0 aromatic rings. The maximum atomic E-state index is 9.76. The van der Waals surface area contributed by atoms with Crippen LogP contribution in [0.15, 0.2) is 0 Å². The third kappa shape index (κ3) is 5.21. The summed E-state index contributed by atoms with van der Waals surface area (Å²) in [4.78, 5) is 9.76. The second-order valence-corrected chi connectivity index (χ2v) is 1.33. The molecular weight excluding hydrogens is 133 g/mol. The number of likely N-dealkylation sites (N-methyl/N-ethyl adjacent to an activating group) is 1. The van der Waals surface area contributed by atoms with Crippen LogP contribution in [0.3, 0.4) is 0 Å². The number of nitrogens with one attached hydrogen (secondary N) is 1. The molecule has 0 amide bonds. The number of hydrogen-bond donors (Lipinski definition) is 1. The Morgan fingerprint density at radius 1 is 1.75 bits per heavy atom. The van der Waals surface area contributed by atoms with E-state index in [2.05, 4.69) is 5.32 Å². The predicted molar refractivity (Wildman–Crippen MR) is 23.5 cm³/mol. The summed E-state index contributed by atoms with van der Waals surface area (Å²) in [5, 5.41) is 12.3. The molecule has 3 nitrogen and oxygen atoms in total. The van der Waals surface area contributed by atoms with Crippen LogP contribution in [0.1, 0.15) is 6.92 Å². The minimum absolute atomic E-state index is 0. The van der Waals surface area contributed by atoms with Gasteiger partial charge in [-0.05, 0) is 14.0 Å². The van der Waals surface area contributed by atoms with E-state index in [0.29, 0.717) is 0 Å². The number of carboxylic acids is 1. The van der Waals surface area contributed by atoms with Crippen molar-refractivity contribution in [3.05, 3.63) is 0 Å². The van der Waals surface area contributed by atoms with Crippen LogP contribution in [-0.2, 0) is 4.79 Å². The van der Waals surface area contributed by atoms with Crippen LogP contribution >= 0.6 is 0 Å². The van der Waals surface area contributed by atoms with Gasteiger partial charge >= 0.3 is 51.4 Å². The van der Waals surface area contributed by atoms with Crippen LogP contribution < -0.4 is 61.8 Å². The van der Waals surface area contributed by atoms with Gasteiger partial charge in [0.05, 0.1) is 5.97 Å². The average Bonchev–Trinajstić information content (AvgIpc) is 1.65. The average molecular weight is 141 g/mol. The van der Waals surface area contributed by atoms with Gasteiger partial charge in [0.1, 0.15) is 0 Å². The summed E-state index contributed by atoms with van der Waals surface area (Å²) in [5.74, 6) is -1.07. The summed E-state index contributed by atoms with van der Waals surface area (Å²) in [6.45, 7) is 1.52. The van der Waals surface area contributed by atoms with E-state index >= 15 is 0 Å². The normalized spacial score (nSPS) is 11.8. The van der Waals surface area contributed by atoms with Crippen LogP contribution in [0.4, 0.5) is 0 Å². The molecule has 0 unspecified atom stereocenters. The Kier molecular flexibility index (Phi) is 9.14. The van der Waals surface area contributed by atoms with Gasteiger partial charge in [-0.15, -0.1) is 0 Å². The van der Waals surface area contributed by atoms with Crippen molar-refractivity contribution in [1.29, 1.82) is 0 Å². The van der Waals surface area contributed by atoms with E-state index in [1.54, 1.807) is 7.05 Å². The Morgan fingerprint density at radius 2 is 2.12 bits per heavy atom. The van der Waals surface area contributed by atoms with Crippen LogP contribution in [0.25, 0.3) is 0 Å². The van der Waals surface area contributed by atoms with Gasteiger partial charge in [-0.25, -0.2) is 0 Å². The van der Waals surface area contributed by atoms with Crippen molar-refractivity contribution in [3.63, 3.8) is 0 Å². The fourth-order valence-corrected chi connectivity index (χ4v) is 0.118. The molecule has 0 radical (unpaired) electrons. The SMILES string of the molecule is CN[C@H](C)C(=O)[O-].[K+]. The molecular formula is C4H8KNO2. The Labute approximate surface area is 91.3 Å². The predicted octanol–water partition coefficient (Wildman–Crippen LogP) is -4.65. The third-order valence-corrected chi connectivity index (χ3v) is 0.787. The molecule has 42 valence electrons. The molecule has 0 aliphatic carbocycles. The number of aliphatic carboxylic acids is 1. The number of rotatable bonds is 2. The van der Waals surface area contributed by atoms with Crippen molar-refractivity contribution in [2.75, 3.05) is 7.05 Å². The molecule has 1 atom stereocenters. The maximum absolute atomic E-state index is 9.76. The number of carbonyl (C=O) groups is 1. The molecule has 0 saturated carbocycles. The van der Waals surface area contributed by atoms with E-state index < -0.39 is 12.0 Å². The molecule has 0 aliphatic rings. The molecule has 8 heavy (non-hydrogen) atoms. The van der Waals surface area contributed by atoms with Crippen molar-refractivity contribution in [2.45, 2.75) is 13.0 Å². The minimum Gasteiger partial charge on any atom is -0.548 e. The molecule has 0 aliphatic heterocycles. The summed E-state index contributed by atoms with van der Waals surface area (Å²) in [7, 11) is 1.57. The van der Waals surface area contributed by atoms with Crippen LogP contribution in [0.2, 0.25) is 0 Å². The van der Waals surface area contributed by atoms with Gasteiger partial charge in [-0.1, -0.05) is 0 Å². The zero-order valence-electron chi connectivity index (χ0n) is 5.39. The Bertz CT molecular complexity index is 76.4. The van der Waals surface area contributed by atoms with Gasteiger partial charge in [0.25, 0.3) is 0 Å². The Morgan fingerprint density at radius 3 is 2.12 bits per heavy atom. The monoisotopic (exact) mass is 141 g/mol. The first kappa shape index (κ1) is 11.8. The smallest absolute Gasteiger partial charge is 0.548 e. The van der Waals surface area contributed by atoms with Gasteiger partial charge in [0.15, 0.2) is 0 Å². The summed E-state index contributed by atoms with van der Waals surface area (Å²) < 4.78 is 0. The van der Waals surface area contributed by atoms with E-state index in [1.807, 2.05) is 0 Å². The van der Waals surface area contributed by atoms with Crippen molar-refractivity contribution in [1.82, 2.24) is 5.32 Å². The topological polar surface area (TPSA) is 52.2 Å². The first-order chi connectivity index (χ1) is 3.18. The summed E-state index contributed by atoms with van der Waals surface area (Å²) in [5.41, 5.74) is 0. The molecule has 4 heteroatoms. The molecule has 0 saturated heterocycles. The minimum atomic E-state index is -1.07. The standard InChI is InChI=1S/C4H9NO2.K/c1-3(5-2)4(6)7;/h3,5H,1-2H3,(H,6,7);/q;+1/p-1/t3-;/m1./s1. The maximum Gasteiger partial charge on any atom is 1.00 e. The van der Waals surface area contributed by atoms with Gasteiger partial charge in [0, 0.05) is 6.04 Å². The van der Waals surface area contributed by atoms with Crippen molar-refractivity contribution in [3.8, 4) is 0 Å². The molecule has 0 spiro atoms.